The van der Waals surface area contributed by atoms with E-state index in [0.29, 0.717) is 18.7 Å². The molecule has 2 rings (SSSR count). The van der Waals surface area contributed by atoms with Crippen molar-refractivity contribution in [2.75, 3.05) is 13.1 Å². The molecule has 2 N–H and O–H groups in total. The Bertz CT molecular complexity index is 470. The van der Waals surface area contributed by atoms with Gasteiger partial charge in [0.25, 0.3) is 0 Å². The van der Waals surface area contributed by atoms with Crippen LogP contribution in [0.3, 0.4) is 0 Å². The summed E-state index contributed by atoms with van der Waals surface area (Å²) in [5.74, 6) is 0.515. The van der Waals surface area contributed by atoms with Crippen LogP contribution >= 0.6 is 0 Å². The second-order valence-electron chi connectivity index (χ2n) is 4.07. The maximum atomic E-state index is 13.4. The lowest BCUT2D eigenvalue weighted by Crippen LogP contribution is -2.24. The molecule has 2 aromatic rings. The van der Waals surface area contributed by atoms with Crippen molar-refractivity contribution in [3.05, 3.63) is 59.8 Å². The third kappa shape index (κ3) is 3.42. The Labute approximate surface area is 105 Å². The van der Waals surface area contributed by atoms with Gasteiger partial charge in [-0.05, 0) is 18.2 Å². The Morgan fingerprint density at radius 2 is 2.06 bits per heavy atom. The second-order valence-corrected chi connectivity index (χ2v) is 4.07. The summed E-state index contributed by atoms with van der Waals surface area (Å²) in [6.07, 6.45) is 1.54. The van der Waals surface area contributed by atoms with Crippen molar-refractivity contribution in [1.82, 2.24) is 5.32 Å². The number of rotatable bonds is 6. The molecule has 0 radical (unpaired) electrons. The van der Waals surface area contributed by atoms with Crippen LogP contribution in [0.5, 0.6) is 0 Å². The first kappa shape index (κ1) is 12.8. The molecule has 0 saturated carbocycles. The van der Waals surface area contributed by atoms with E-state index in [2.05, 4.69) is 5.32 Å². The van der Waals surface area contributed by atoms with Gasteiger partial charge in [0, 0.05) is 25.1 Å². The van der Waals surface area contributed by atoms with Crippen LogP contribution in [0.15, 0.2) is 47.1 Å². The van der Waals surface area contributed by atoms with Gasteiger partial charge in [-0.25, -0.2) is 4.39 Å². The number of aliphatic hydroxyl groups excluding tert-OH is 1. The van der Waals surface area contributed by atoms with Crippen LogP contribution in [0.25, 0.3) is 0 Å². The fourth-order valence-electron chi connectivity index (χ4n) is 1.76. The van der Waals surface area contributed by atoms with Crippen molar-refractivity contribution in [1.29, 1.82) is 0 Å². The van der Waals surface area contributed by atoms with Crippen LogP contribution in [-0.4, -0.2) is 18.2 Å². The zero-order chi connectivity index (χ0) is 12.8. The van der Waals surface area contributed by atoms with Crippen LogP contribution in [0.1, 0.15) is 17.4 Å². The van der Waals surface area contributed by atoms with Gasteiger partial charge in [-0.2, -0.15) is 0 Å². The first-order chi connectivity index (χ1) is 8.77. The van der Waals surface area contributed by atoms with E-state index in [9.17, 15) is 9.50 Å². The van der Waals surface area contributed by atoms with Crippen LogP contribution in [0.4, 0.5) is 4.39 Å². The van der Waals surface area contributed by atoms with E-state index in [0.717, 1.165) is 12.2 Å². The van der Waals surface area contributed by atoms with E-state index in [4.69, 9.17) is 4.42 Å². The first-order valence-corrected chi connectivity index (χ1v) is 5.93. The van der Waals surface area contributed by atoms with E-state index in [1.54, 1.807) is 24.5 Å². The highest BCUT2D eigenvalue weighted by molar-refractivity contribution is 5.19. The van der Waals surface area contributed by atoms with Gasteiger partial charge in [0.15, 0.2) is 0 Å². The largest absolute Gasteiger partial charge is 0.469 e. The smallest absolute Gasteiger partial charge is 0.129 e. The molecular formula is C14H16FNO2. The molecule has 1 heterocycles. The van der Waals surface area contributed by atoms with E-state index in [1.807, 2.05) is 12.1 Å². The molecule has 18 heavy (non-hydrogen) atoms. The van der Waals surface area contributed by atoms with E-state index < -0.39 is 6.10 Å². The summed E-state index contributed by atoms with van der Waals surface area (Å²) in [7, 11) is 0. The highest BCUT2D eigenvalue weighted by atomic mass is 19.1. The monoisotopic (exact) mass is 249 g/mol. The fourth-order valence-corrected chi connectivity index (χ4v) is 1.76. The second kappa shape index (κ2) is 6.33. The van der Waals surface area contributed by atoms with Crippen LogP contribution < -0.4 is 5.32 Å². The highest BCUT2D eigenvalue weighted by Gasteiger charge is 2.11. The Hall–Kier alpha value is -1.65. The molecule has 1 atom stereocenters. The Morgan fingerprint density at radius 1 is 1.22 bits per heavy atom. The zero-order valence-electron chi connectivity index (χ0n) is 9.97. The lowest BCUT2D eigenvalue weighted by atomic mass is 10.1. The lowest BCUT2D eigenvalue weighted by molar-refractivity contribution is 0.170. The van der Waals surface area contributed by atoms with Crippen molar-refractivity contribution in [3.8, 4) is 0 Å². The maximum Gasteiger partial charge on any atom is 0.129 e. The number of aliphatic hydroxyl groups is 1. The number of hydrogen-bond donors (Lipinski definition) is 2. The van der Waals surface area contributed by atoms with Crippen LogP contribution in [0.2, 0.25) is 0 Å². The molecule has 0 fully saturated rings. The third-order valence-electron chi connectivity index (χ3n) is 2.73. The van der Waals surface area contributed by atoms with Crippen LogP contribution in [-0.2, 0) is 6.42 Å². The van der Waals surface area contributed by atoms with Gasteiger partial charge < -0.3 is 14.8 Å². The minimum Gasteiger partial charge on any atom is -0.469 e. The van der Waals surface area contributed by atoms with Gasteiger partial charge in [-0.3, -0.25) is 0 Å². The normalized spacial score (nSPS) is 12.6. The quantitative estimate of drug-likeness (QED) is 0.772. The number of hydrogen-bond acceptors (Lipinski definition) is 3. The van der Waals surface area contributed by atoms with Crippen LogP contribution in [0, 0.1) is 5.82 Å². The van der Waals surface area contributed by atoms with Gasteiger partial charge >= 0.3 is 0 Å². The topological polar surface area (TPSA) is 45.4 Å². The van der Waals surface area contributed by atoms with E-state index in [-0.39, 0.29) is 5.82 Å². The SMILES string of the molecule is OC(CNCCc1ccco1)c1ccccc1F. The van der Waals surface area contributed by atoms with Gasteiger partial charge in [0.05, 0.1) is 12.4 Å². The molecular weight excluding hydrogens is 233 g/mol. The highest BCUT2D eigenvalue weighted by Crippen LogP contribution is 2.15. The van der Waals surface area contributed by atoms with Gasteiger partial charge in [0.1, 0.15) is 11.6 Å². The molecule has 0 bridgehead atoms. The minimum atomic E-state index is -0.831. The van der Waals surface area contributed by atoms with Crippen molar-refractivity contribution in [2.24, 2.45) is 0 Å². The number of benzene rings is 1. The summed E-state index contributed by atoms with van der Waals surface area (Å²) in [6.45, 7) is 1.00. The fraction of sp³-hybridized carbons (Fsp3) is 0.286. The molecule has 0 aliphatic carbocycles. The molecule has 0 aliphatic heterocycles. The van der Waals surface area contributed by atoms with Crippen molar-refractivity contribution in [3.63, 3.8) is 0 Å². The Kier molecular flexibility index (Phi) is 4.50. The summed E-state index contributed by atoms with van der Waals surface area (Å²) >= 11 is 0. The molecule has 3 nitrogen and oxygen atoms in total. The zero-order valence-corrected chi connectivity index (χ0v) is 9.97. The summed E-state index contributed by atoms with van der Waals surface area (Å²) in [6, 6.07) is 9.99. The van der Waals surface area contributed by atoms with Crippen molar-refractivity contribution in [2.45, 2.75) is 12.5 Å². The molecule has 4 heteroatoms. The third-order valence-corrected chi connectivity index (χ3v) is 2.73. The van der Waals surface area contributed by atoms with Gasteiger partial charge in [0.2, 0.25) is 0 Å². The van der Waals surface area contributed by atoms with E-state index >= 15 is 0 Å². The molecule has 0 spiro atoms. The summed E-state index contributed by atoms with van der Waals surface area (Å²) < 4.78 is 18.6. The Balaban J connectivity index is 1.75. The predicted molar refractivity (Wildman–Crippen MR) is 66.6 cm³/mol. The number of furan rings is 1. The molecule has 0 amide bonds. The van der Waals surface area contributed by atoms with Gasteiger partial charge in [-0.15, -0.1) is 0 Å². The lowest BCUT2D eigenvalue weighted by Gasteiger charge is -2.12. The Morgan fingerprint density at radius 3 is 2.78 bits per heavy atom. The molecule has 1 aromatic carbocycles. The minimum absolute atomic E-state index is 0.321. The average molecular weight is 249 g/mol. The summed E-state index contributed by atoms with van der Waals surface area (Å²) in [5.41, 5.74) is 0.322. The van der Waals surface area contributed by atoms with Crippen molar-refractivity contribution < 1.29 is 13.9 Å². The molecule has 1 aromatic heterocycles. The van der Waals surface area contributed by atoms with Crippen molar-refractivity contribution >= 4 is 0 Å². The van der Waals surface area contributed by atoms with E-state index in [1.165, 1.54) is 6.07 Å². The molecule has 1 unspecified atom stereocenters. The molecule has 96 valence electrons. The molecule has 0 saturated heterocycles. The average Bonchev–Trinajstić information content (AvgIpc) is 2.88. The first-order valence-electron chi connectivity index (χ1n) is 5.93. The predicted octanol–water partition coefficient (Wildman–Crippen LogP) is 2.28. The number of halogens is 1. The maximum absolute atomic E-state index is 13.4. The summed E-state index contributed by atoms with van der Waals surface area (Å²) in [4.78, 5) is 0. The number of nitrogens with one attached hydrogen (secondary N) is 1. The standard InChI is InChI=1S/C14H16FNO2/c15-13-6-2-1-5-12(13)14(17)10-16-8-7-11-4-3-9-18-11/h1-6,9,14,16-17H,7-8,10H2. The van der Waals surface area contributed by atoms with Gasteiger partial charge in [-0.1, -0.05) is 18.2 Å². The molecule has 0 aliphatic rings. The summed E-state index contributed by atoms with van der Waals surface area (Å²) in [5, 5.41) is 12.9.